The van der Waals surface area contributed by atoms with Gasteiger partial charge in [0.2, 0.25) is 0 Å². The van der Waals surface area contributed by atoms with E-state index in [1.807, 2.05) is 12.1 Å². The van der Waals surface area contributed by atoms with Gasteiger partial charge in [0.25, 0.3) is 0 Å². The molecule has 24 heavy (non-hydrogen) atoms. The first-order chi connectivity index (χ1) is 11.6. The molecule has 5 heteroatoms. The van der Waals surface area contributed by atoms with Crippen LogP contribution in [0.2, 0.25) is 0 Å². The van der Waals surface area contributed by atoms with Crippen molar-refractivity contribution in [3.63, 3.8) is 0 Å². The third-order valence-corrected chi connectivity index (χ3v) is 4.65. The number of aryl methyl sites for hydroxylation is 2. The van der Waals surface area contributed by atoms with E-state index in [1.54, 1.807) is 12.1 Å². The molecule has 1 saturated heterocycles. The smallest absolute Gasteiger partial charge is 0.123 e. The van der Waals surface area contributed by atoms with Gasteiger partial charge in [0.1, 0.15) is 5.82 Å². The van der Waals surface area contributed by atoms with Crippen LogP contribution >= 0.6 is 0 Å². The summed E-state index contributed by atoms with van der Waals surface area (Å²) in [5, 5.41) is 3.57. The van der Waals surface area contributed by atoms with Gasteiger partial charge in [0.05, 0.1) is 13.2 Å². The van der Waals surface area contributed by atoms with Crippen LogP contribution in [-0.4, -0.2) is 42.7 Å². The molecular weight excluding hydrogens is 305 g/mol. The molecule has 0 aliphatic carbocycles. The summed E-state index contributed by atoms with van der Waals surface area (Å²) < 4.78 is 18.7. The summed E-state index contributed by atoms with van der Waals surface area (Å²) >= 11 is 0. The van der Waals surface area contributed by atoms with Crippen molar-refractivity contribution in [3.8, 4) is 0 Å². The predicted octanol–water partition coefficient (Wildman–Crippen LogP) is 2.93. The lowest BCUT2D eigenvalue weighted by Gasteiger charge is -2.35. The zero-order valence-electron chi connectivity index (χ0n) is 14.4. The summed E-state index contributed by atoms with van der Waals surface area (Å²) in [4.78, 5) is 5.75. The van der Waals surface area contributed by atoms with Crippen molar-refractivity contribution in [1.82, 2.24) is 15.2 Å². The Kier molecular flexibility index (Phi) is 5.66. The average molecular weight is 331 g/mol. The van der Waals surface area contributed by atoms with E-state index < -0.39 is 0 Å². The number of hydrogen-bond donors (Lipinski definition) is 2. The van der Waals surface area contributed by atoms with E-state index in [2.05, 4.69) is 35.1 Å². The molecule has 1 fully saturated rings. The number of H-pyrrole nitrogens is 1. The van der Waals surface area contributed by atoms with Crippen LogP contribution in [0.15, 0.2) is 30.3 Å². The molecule has 2 N–H and O–H groups in total. The second-order valence-corrected chi connectivity index (χ2v) is 6.45. The molecule has 130 valence electrons. The molecule has 1 atom stereocenters. The maximum absolute atomic E-state index is 13.3. The van der Waals surface area contributed by atoms with Gasteiger partial charge in [-0.25, -0.2) is 4.39 Å². The van der Waals surface area contributed by atoms with E-state index >= 15 is 0 Å². The molecule has 0 saturated carbocycles. The first kappa shape index (κ1) is 17.1. The van der Waals surface area contributed by atoms with Crippen LogP contribution in [0.5, 0.6) is 0 Å². The topological polar surface area (TPSA) is 40.3 Å². The van der Waals surface area contributed by atoms with Crippen LogP contribution < -0.4 is 5.32 Å². The zero-order chi connectivity index (χ0) is 16.9. The Morgan fingerprint density at radius 2 is 1.92 bits per heavy atom. The molecule has 0 amide bonds. The highest BCUT2D eigenvalue weighted by Crippen LogP contribution is 2.22. The fourth-order valence-electron chi connectivity index (χ4n) is 3.34. The number of ether oxygens (including phenoxy) is 1. The second-order valence-electron chi connectivity index (χ2n) is 6.45. The number of nitrogens with zero attached hydrogens (tertiary/aromatic N) is 1. The van der Waals surface area contributed by atoms with Gasteiger partial charge in [-0.15, -0.1) is 0 Å². The highest BCUT2D eigenvalue weighted by molar-refractivity contribution is 5.24. The van der Waals surface area contributed by atoms with Crippen molar-refractivity contribution in [1.29, 1.82) is 0 Å². The summed E-state index contributed by atoms with van der Waals surface area (Å²) in [6.07, 6.45) is 0. The highest BCUT2D eigenvalue weighted by atomic mass is 19.1. The number of benzene rings is 1. The molecular formula is C19H26FN3O. The zero-order valence-corrected chi connectivity index (χ0v) is 14.4. The van der Waals surface area contributed by atoms with E-state index in [0.29, 0.717) is 0 Å². The molecule has 0 unspecified atom stereocenters. The molecule has 1 aromatic heterocycles. The van der Waals surface area contributed by atoms with Crippen molar-refractivity contribution in [2.45, 2.75) is 26.4 Å². The Bertz CT molecular complexity index is 647. The average Bonchev–Trinajstić information content (AvgIpc) is 2.91. The summed E-state index contributed by atoms with van der Waals surface area (Å²) in [5.74, 6) is -0.189. The van der Waals surface area contributed by atoms with Crippen LogP contribution in [0.4, 0.5) is 4.39 Å². The van der Waals surface area contributed by atoms with E-state index in [0.717, 1.165) is 45.0 Å². The minimum absolute atomic E-state index is 0.189. The van der Waals surface area contributed by atoms with Crippen LogP contribution in [0, 0.1) is 19.7 Å². The molecule has 1 aliphatic heterocycles. The molecule has 2 heterocycles. The molecule has 2 aromatic rings. The number of hydrogen-bond acceptors (Lipinski definition) is 3. The Morgan fingerprint density at radius 3 is 2.54 bits per heavy atom. The lowest BCUT2D eigenvalue weighted by atomic mass is 10.0. The van der Waals surface area contributed by atoms with Crippen molar-refractivity contribution < 1.29 is 9.13 Å². The number of halogens is 1. The van der Waals surface area contributed by atoms with Crippen molar-refractivity contribution >= 4 is 0 Å². The summed E-state index contributed by atoms with van der Waals surface area (Å²) in [5.41, 5.74) is 4.84. The van der Waals surface area contributed by atoms with Crippen molar-refractivity contribution in [3.05, 3.63) is 58.7 Å². The highest BCUT2D eigenvalue weighted by Gasteiger charge is 2.22. The largest absolute Gasteiger partial charge is 0.379 e. The number of morpholine rings is 1. The van der Waals surface area contributed by atoms with Gasteiger partial charge in [0.15, 0.2) is 0 Å². The van der Waals surface area contributed by atoms with Gasteiger partial charge < -0.3 is 15.0 Å². The summed E-state index contributed by atoms with van der Waals surface area (Å²) in [7, 11) is 0. The number of nitrogens with one attached hydrogen (secondary N) is 2. The van der Waals surface area contributed by atoms with Gasteiger partial charge >= 0.3 is 0 Å². The SMILES string of the molecule is Cc1cc(CNC[C@@H](c2ccc(F)cc2)N2CCOCC2)c(C)[nH]1. The molecule has 1 aliphatic rings. The van der Waals surface area contributed by atoms with Crippen molar-refractivity contribution in [2.24, 2.45) is 0 Å². The van der Waals surface area contributed by atoms with Crippen LogP contribution in [-0.2, 0) is 11.3 Å². The fraction of sp³-hybridized carbons (Fsp3) is 0.474. The van der Waals surface area contributed by atoms with Crippen LogP contribution in [0.1, 0.15) is 28.6 Å². The second kappa shape index (κ2) is 7.92. The molecule has 1 aromatic carbocycles. The number of rotatable bonds is 6. The lowest BCUT2D eigenvalue weighted by Crippen LogP contribution is -2.42. The quantitative estimate of drug-likeness (QED) is 0.855. The van der Waals surface area contributed by atoms with E-state index in [9.17, 15) is 4.39 Å². The van der Waals surface area contributed by atoms with Gasteiger partial charge in [-0.1, -0.05) is 12.1 Å². The van der Waals surface area contributed by atoms with Gasteiger partial charge in [-0.2, -0.15) is 0 Å². The minimum atomic E-state index is -0.189. The third-order valence-electron chi connectivity index (χ3n) is 4.65. The Balaban J connectivity index is 1.67. The molecule has 0 radical (unpaired) electrons. The molecule has 0 spiro atoms. The van der Waals surface area contributed by atoms with Crippen LogP contribution in [0.25, 0.3) is 0 Å². The van der Waals surface area contributed by atoms with E-state index in [-0.39, 0.29) is 11.9 Å². The lowest BCUT2D eigenvalue weighted by molar-refractivity contribution is 0.0161. The summed E-state index contributed by atoms with van der Waals surface area (Å²) in [6.45, 7) is 9.17. The maximum Gasteiger partial charge on any atom is 0.123 e. The molecule has 0 bridgehead atoms. The monoisotopic (exact) mass is 331 g/mol. The standard InChI is InChI=1S/C19H26FN3O/c1-14-11-17(15(2)22-14)12-21-13-19(23-7-9-24-10-8-23)16-3-5-18(20)6-4-16/h3-6,11,19,21-22H,7-10,12-13H2,1-2H3/t19-/m0/s1. The third kappa shape index (κ3) is 4.23. The summed E-state index contributed by atoms with van der Waals surface area (Å²) in [6, 6.07) is 9.29. The Morgan fingerprint density at radius 1 is 1.21 bits per heavy atom. The number of aromatic nitrogens is 1. The normalized spacial score (nSPS) is 17.1. The van der Waals surface area contributed by atoms with Crippen LogP contribution in [0.3, 0.4) is 0 Å². The maximum atomic E-state index is 13.3. The van der Waals surface area contributed by atoms with Gasteiger partial charge in [-0.05, 0) is 43.2 Å². The first-order valence-corrected chi connectivity index (χ1v) is 8.56. The first-order valence-electron chi connectivity index (χ1n) is 8.56. The predicted molar refractivity (Wildman–Crippen MR) is 93.5 cm³/mol. The Labute approximate surface area is 143 Å². The number of aromatic amines is 1. The molecule has 4 nitrogen and oxygen atoms in total. The minimum Gasteiger partial charge on any atom is -0.379 e. The van der Waals surface area contributed by atoms with Gasteiger partial charge in [0, 0.05) is 43.6 Å². The van der Waals surface area contributed by atoms with E-state index in [1.165, 1.54) is 17.0 Å². The fourth-order valence-corrected chi connectivity index (χ4v) is 3.34. The van der Waals surface area contributed by atoms with Crippen molar-refractivity contribution in [2.75, 3.05) is 32.8 Å². The van der Waals surface area contributed by atoms with E-state index in [4.69, 9.17) is 4.74 Å². The van der Waals surface area contributed by atoms with Gasteiger partial charge in [-0.3, -0.25) is 4.90 Å². The molecule has 3 rings (SSSR count). The Hall–Kier alpha value is -1.69.